The molecule has 2 aromatic heterocycles. The van der Waals surface area contributed by atoms with Crippen LogP contribution in [-0.2, 0) is 16.2 Å². The largest absolute Gasteiger partial charge is 0.350 e. The fraction of sp³-hybridized carbons (Fsp3) is 0.467. The van der Waals surface area contributed by atoms with Gasteiger partial charge in [0.1, 0.15) is 5.65 Å². The monoisotopic (exact) mass is 288 g/mol. The number of fused-ring (bicyclic) bond motifs is 1. The third-order valence-corrected chi connectivity index (χ3v) is 3.61. The molecular formula is C15H20N4O2. The Kier molecular flexibility index (Phi) is 4.17. The maximum atomic E-state index is 11.8. The van der Waals surface area contributed by atoms with Gasteiger partial charge in [-0.25, -0.2) is 4.98 Å². The van der Waals surface area contributed by atoms with Gasteiger partial charge in [-0.2, -0.15) is 5.06 Å². The Morgan fingerprint density at radius 1 is 1.52 bits per heavy atom. The van der Waals surface area contributed by atoms with Crippen LogP contribution in [-0.4, -0.2) is 40.1 Å². The molecule has 0 radical (unpaired) electrons. The first-order valence-corrected chi connectivity index (χ1v) is 7.30. The lowest BCUT2D eigenvalue weighted by Crippen LogP contribution is -2.28. The second kappa shape index (κ2) is 6.24. The Bertz CT molecular complexity index is 632. The van der Waals surface area contributed by atoms with Crippen molar-refractivity contribution in [2.75, 3.05) is 19.7 Å². The number of aromatic nitrogens is 2. The highest BCUT2D eigenvalue weighted by Gasteiger charge is 2.13. The molecule has 3 rings (SSSR count). The number of imidazole rings is 1. The Balaban J connectivity index is 1.51. The summed E-state index contributed by atoms with van der Waals surface area (Å²) in [6, 6.07) is 4.02. The van der Waals surface area contributed by atoms with Crippen molar-refractivity contribution in [2.24, 2.45) is 0 Å². The highest BCUT2D eigenvalue weighted by Crippen LogP contribution is 2.10. The van der Waals surface area contributed by atoms with E-state index < -0.39 is 0 Å². The number of carbonyl (C=O) groups is 1. The SMILES string of the molecule is Cc1cccn2cc(CNC(=O)CCN3CCCO3)nc12. The van der Waals surface area contributed by atoms with Crippen molar-refractivity contribution >= 4 is 11.6 Å². The van der Waals surface area contributed by atoms with Crippen molar-refractivity contribution in [1.29, 1.82) is 0 Å². The van der Waals surface area contributed by atoms with Gasteiger partial charge in [-0.15, -0.1) is 0 Å². The Morgan fingerprint density at radius 2 is 2.43 bits per heavy atom. The van der Waals surface area contributed by atoms with Gasteiger partial charge in [-0.3, -0.25) is 9.63 Å². The van der Waals surface area contributed by atoms with E-state index >= 15 is 0 Å². The van der Waals surface area contributed by atoms with Gasteiger partial charge in [0.15, 0.2) is 0 Å². The number of nitrogens with zero attached hydrogens (tertiary/aromatic N) is 3. The first kappa shape index (κ1) is 14.0. The summed E-state index contributed by atoms with van der Waals surface area (Å²) >= 11 is 0. The average Bonchev–Trinajstić information content (AvgIpc) is 3.12. The molecule has 0 unspecified atom stereocenters. The molecular weight excluding hydrogens is 268 g/mol. The van der Waals surface area contributed by atoms with Crippen LogP contribution in [0.3, 0.4) is 0 Å². The van der Waals surface area contributed by atoms with Crippen LogP contribution in [0.1, 0.15) is 24.1 Å². The van der Waals surface area contributed by atoms with Crippen LogP contribution in [0.2, 0.25) is 0 Å². The molecule has 0 atom stereocenters. The molecule has 6 heteroatoms. The van der Waals surface area contributed by atoms with Gasteiger partial charge >= 0.3 is 0 Å². The maximum absolute atomic E-state index is 11.8. The van der Waals surface area contributed by atoms with E-state index in [2.05, 4.69) is 10.3 Å². The van der Waals surface area contributed by atoms with E-state index in [1.807, 2.05) is 40.9 Å². The number of carbonyl (C=O) groups excluding carboxylic acids is 1. The van der Waals surface area contributed by atoms with Gasteiger partial charge in [0.25, 0.3) is 0 Å². The van der Waals surface area contributed by atoms with Crippen LogP contribution in [0.15, 0.2) is 24.5 Å². The van der Waals surface area contributed by atoms with Gasteiger partial charge < -0.3 is 9.72 Å². The van der Waals surface area contributed by atoms with Crippen molar-refractivity contribution in [3.8, 4) is 0 Å². The summed E-state index contributed by atoms with van der Waals surface area (Å²) in [5.74, 6) is 0.0271. The van der Waals surface area contributed by atoms with Crippen LogP contribution in [0.4, 0.5) is 0 Å². The summed E-state index contributed by atoms with van der Waals surface area (Å²) in [5, 5.41) is 4.76. The molecule has 0 aromatic carbocycles. The molecule has 1 amide bonds. The quantitative estimate of drug-likeness (QED) is 0.900. The highest BCUT2D eigenvalue weighted by atomic mass is 16.7. The number of amides is 1. The smallest absolute Gasteiger partial charge is 0.221 e. The number of aryl methyl sites for hydroxylation is 1. The molecule has 0 spiro atoms. The first-order chi connectivity index (χ1) is 10.2. The van der Waals surface area contributed by atoms with E-state index in [1.165, 1.54) is 0 Å². The van der Waals surface area contributed by atoms with Crippen molar-refractivity contribution in [2.45, 2.75) is 26.3 Å². The number of hydroxylamine groups is 2. The lowest BCUT2D eigenvalue weighted by Gasteiger charge is -2.12. The summed E-state index contributed by atoms with van der Waals surface area (Å²) in [7, 11) is 0. The number of rotatable bonds is 5. The van der Waals surface area contributed by atoms with Crippen molar-refractivity contribution in [3.63, 3.8) is 0 Å². The topological polar surface area (TPSA) is 58.9 Å². The zero-order valence-electron chi connectivity index (χ0n) is 12.2. The summed E-state index contributed by atoms with van der Waals surface area (Å²) in [5.41, 5.74) is 2.93. The molecule has 0 bridgehead atoms. The molecule has 0 saturated carbocycles. The molecule has 1 saturated heterocycles. The fourth-order valence-electron chi connectivity index (χ4n) is 2.47. The Morgan fingerprint density at radius 3 is 3.19 bits per heavy atom. The molecule has 0 aliphatic carbocycles. The van der Waals surface area contributed by atoms with E-state index in [4.69, 9.17) is 4.84 Å². The zero-order chi connectivity index (χ0) is 14.7. The van der Waals surface area contributed by atoms with Crippen LogP contribution in [0.25, 0.3) is 5.65 Å². The standard InChI is InChI=1S/C15H20N4O2/c1-12-4-2-6-18-11-13(17-15(12)18)10-16-14(20)5-8-19-7-3-9-21-19/h2,4,6,11H,3,5,7-10H2,1H3,(H,16,20). The average molecular weight is 288 g/mol. The fourth-order valence-corrected chi connectivity index (χ4v) is 2.47. The predicted molar refractivity (Wildman–Crippen MR) is 78.5 cm³/mol. The molecule has 1 fully saturated rings. The summed E-state index contributed by atoms with van der Waals surface area (Å²) in [4.78, 5) is 21.7. The lowest BCUT2D eigenvalue weighted by atomic mass is 10.3. The van der Waals surface area contributed by atoms with Crippen LogP contribution in [0.5, 0.6) is 0 Å². The molecule has 1 aliphatic rings. The highest BCUT2D eigenvalue weighted by molar-refractivity contribution is 5.76. The predicted octanol–water partition coefficient (Wildman–Crippen LogP) is 1.29. The van der Waals surface area contributed by atoms with Crippen LogP contribution in [0, 0.1) is 6.92 Å². The number of pyridine rings is 1. The van der Waals surface area contributed by atoms with Crippen molar-refractivity contribution in [1.82, 2.24) is 19.8 Å². The summed E-state index contributed by atoms with van der Waals surface area (Å²) < 4.78 is 1.98. The third-order valence-electron chi connectivity index (χ3n) is 3.61. The van der Waals surface area contributed by atoms with Crippen LogP contribution >= 0.6 is 0 Å². The Hall–Kier alpha value is -1.92. The maximum Gasteiger partial charge on any atom is 0.221 e. The van der Waals surface area contributed by atoms with E-state index in [9.17, 15) is 4.79 Å². The van der Waals surface area contributed by atoms with Crippen molar-refractivity contribution in [3.05, 3.63) is 35.8 Å². The van der Waals surface area contributed by atoms with Crippen molar-refractivity contribution < 1.29 is 9.63 Å². The number of nitrogens with one attached hydrogen (secondary N) is 1. The van der Waals surface area contributed by atoms with E-state index in [0.29, 0.717) is 19.5 Å². The van der Waals surface area contributed by atoms with Gasteiger partial charge in [-0.05, 0) is 25.0 Å². The number of hydrogen-bond donors (Lipinski definition) is 1. The van der Waals surface area contributed by atoms with Gasteiger partial charge in [0.05, 0.1) is 18.8 Å². The molecule has 21 heavy (non-hydrogen) atoms. The van der Waals surface area contributed by atoms with Gasteiger partial charge in [0.2, 0.25) is 5.91 Å². The van der Waals surface area contributed by atoms with Crippen LogP contribution < -0.4 is 5.32 Å². The molecule has 3 heterocycles. The minimum absolute atomic E-state index is 0.0271. The second-order valence-electron chi connectivity index (χ2n) is 5.30. The molecule has 1 aliphatic heterocycles. The molecule has 6 nitrogen and oxygen atoms in total. The van der Waals surface area contributed by atoms with Gasteiger partial charge in [0, 0.05) is 31.9 Å². The minimum atomic E-state index is 0.0271. The minimum Gasteiger partial charge on any atom is -0.350 e. The Labute approximate surface area is 123 Å². The lowest BCUT2D eigenvalue weighted by molar-refractivity contribution is -0.130. The van der Waals surface area contributed by atoms with E-state index in [1.54, 1.807) is 0 Å². The van der Waals surface area contributed by atoms with E-state index in [-0.39, 0.29) is 5.91 Å². The first-order valence-electron chi connectivity index (χ1n) is 7.30. The zero-order valence-corrected chi connectivity index (χ0v) is 12.2. The molecule has 2 aromatic rings. The van der Waals surface area contributed by atoms with E-state index in [0.717, 1.165) is 36.5 Å². The molecule has 1 N–H and O–H groups in total. The van der Waals surface area contributed by atoms with Gasteiger partial charge in [-0.1, -0.05) is 6.07 Å². The number of hydrogen-bond acceptors (Lipinski definition) is 4. The second-order valence-corrected chi connectivity index (χ2v) is 5.30. The summed E-state index contributed by atoms with van der Waals surface area (Å²) in [6.45, 7) is 4.82. The molecule has 112 valence electrons. The summed E-state index contributed by atoms with van der Waals surface area (Å²) in [6.07, 6.45) is 5.41. The normalized spacial score (nSPS) is 15.7. The third kappa shape index (κ3) is 3.40.